The molecule has 2 aliphatic rings. The summed E-state index contributed by atoms with van der Waals surface area (Å²) in [4.78, 5) is 38.3. The van der Waals surface area contributed by atoms with Crippen LogP contribution in [-0.2, 0) is 6.54 Å². The number of rotatable bonds is 6. The molecule has 1 aliphatic heterocycles. The Morgan fingerprint density at radius 1 is 0.929 bits per heavy atom. The largest absolute Gasteiger partial charge is 0.376 e. The first-order valence-electron chi connectivity index (χ1n) is 10.4. The zero-order valence-electron chi connectivity index (χ0n) is 16.1. The Hall–Kier alpha value is -2.63. The van der Waals surface area contributed by atoms with Crippen LogP contribution >= 0.6 is 0 Å². The van der Waals surface area contributed by atoms with Gasteiger partial charge in [-0.15, -0.1) is 0 Å². The third kappa shape index (κ3) is 3.81. The molecule has 6 nitrogen and oxygen atoms in total. The highest BCUT2D eigenvalue weighted by Crippen LogP contribution is 2.24. The zero-order valence-corrected chi connectivity index (χ0v) is 16.1. The van der Waals surface area contributed by atoms with Gasteiger partial charge in [-0.3, -0.25) is 14.4 Å². The summed E-state index contributed by atoms with van der Waals surface area (Å²) >= 11 is 0. The lowest BCUT2D eigenvalue weighted by Gasteiger charge is -2.23. The van der Waals surface area contributed by atoms with Crippen LogP contribution in [0.2, 0.25) is 0 Å². The molecule has 2 aromatic carbocycles. The van der Waals surface area contributed by atoms with Gasteiger partial charge < -0.3 is 15.5 Å². The Labute approximate surface area is 164 Å². The number of carbonyl (C=O) groups is 1. The van der Waals surface area contributed by atoms with Crippen molar-refractivity contribution in [2.75, 3.05) is 23.3 Å². The van der Waals surface area contributed by atoms with E-state index in [1.807, 2.05) is 29.2 Å². The van der Waals surface area contributed by atoms with E-state index >= 15 is 0 Å². The van der Waals surface area contributed by atoms with E-state index < -0.39 is 5.43 Å². The van der Waals surface area contributed by atoms with E-state index in [-0.39, 0.29) is 11.3 Å². The molecule has 1 aliphatic carbocycles. The quantitative estimate of drug-likeness (QED) is 0.752. The van der Waals surface area contributed by atoms with Gasteiger partial charge in [-0.05, 0) is 43.4 Å². The van der Waals surface area contributed by atoms with E-state index in [4.69, 9.17) is 0 Å². The molecule has 0 bridgehead atoms. The van der Waals surface area contributed by atoms with Crippen molar-refractivity contribution in [3.63, 3.8) is 0 Å². The molecule has 0 atom stereocenters. The van der Waals surface area contributed by atoms with Crippen LogP contribution in [0.5, 0.6) is 0 Å². The van der Waals surface area contributed by atoms with Crippen molar-refractivity contribution in [1.29, 1.82) is 0 Å². The third-order valence-electron chi connectivity index (χ3n) is 5.93. The van der Waals surface area contributed by atoms with Gasteiger partial charge in [-0.25, -0.2) is 0 Å². The van der Waals surface area contributed by atoms with Crippen LogP contribution in [0.25, 0.3) is 0 Å². The minimum absolute atomic E-state index is 0.0230. The maximum absolute atomic E-state index is 12.4. The van der Waals surface area contributed by atoms with Gasteiger partial charge in [-0.2, -0.15) is 0 Å². The number of carbonyl (C=O) groups excluding carboxylic acids is 1. The molecule has 148 valence electrons. The smallest absolute Gasteiger partial charge is 0.253 e. The topological polar surface area (TPSA) is 78.5 Å². The van der Waals surface area contributed by atoms with Gasteiger partial charge >= 0.3 is 0 Å². The molecule has 4 rings (SSSR count). The fourth-order valence-electron chi connectivity index (χ4n) is 4.27. The van der Waals surface area contributed by atoms with E-state index in [1.54, 1.807) is 0 Å². The molecule has 2 N–H and O–H groups in total. The van der Waals surface area contributed by atoms with Crippen LogP contribution in [-0.4, -0.2) is 25.0 Å². The summed E-state index contributed by atoms with van der Waals surface area (Å²) in [6, 6.07) is 7.71. The van der Waals surface area contributed by atoms with Gasteiger partial charge in [-0.1, -0.05) is 31.4 Å². The second-order valence-electron chi connectivity index (χ2n) is 7.93. The van der Waals surface area contributed by atoms with Crippen molar-refractivity contribution in [2.45, 2.75) is 57.5 Å². The molecular formula is C22H27N3O3. The maximum Gasteiger partial charge on any atom is 0.253 e. The molecule has 1 heterocycles. The number of nitrogens with zero attached hydrogens (tertiary/aromatic N) is 1. The Bertz CT molecular complexity index is 900. The van der Waals surface area contributed by atoms with Gasteiger partial charge in [0.25, 0.3) is 16.8 Å². The first-order valence-corrected chi connectivity index (χ1v) is 10.4. The van der Waals surface area contributed by atoms with Crippen molar-refractivity contribution in [1.82, 2.24) is 5.32 Å². The Morgan fingerprint density at radius 3 is 2.29 bits per heavy atom. The minimum Gasteiger partial charge on any atom is -0.376 e. The number of anilines is 2. The third-order valence-corrected chi connectivity index (χ3v) is 5.93. The highest BCUT2D eigenvalue weighted by atomic mass is 16.2. The van der Waals surface area contributed by atoms with Crippen LogP contribution in [0.1, 0.15) is 60.9 Å². The van der Waals surface area contributed by atoms with Crippen molar-refractivity contribution < 1.29 is 4.79 Å². The molecule has 0 unspecified atom stereocenters. The van der Waals surface area contributed by atoms with Gasteiger partial charge in [0.15, 0.2) is 0 Å². The highest BCUT2D eigenvalue weighted by Gasteiger charge is 2.27. The fraction of sp³-hybridized carbons (Fsp3) is 0.500. The summed E-state index contributed by atoms with van der Waals surface area (Å²) in [5, 5.41) is 6.25. The lowest BCUT2D eigenvalue weighted by atomic mass is 9.95. The van der Waals surface area contributed by atoms with Gasteiger partial charge in [0.1, 0.15) is 11.4 Å². The molecule has 2 fully saturated rings. The average Bonchev–Trinajstić information content (AvgIpc) is 3.25. The van der Waals surface area contributed by atoms with Crippen LogP contribution in [0, 0.1) is 0 Å². The summed E-state index contributed by atoms with van der Waals surface area (Å²) in [5.41, 5.74) is 1.80. The molecule has 6 heteroatoms. The minimum atomic E-state index is -0.426. The number of hydrogen-bond donors (Lipinski definition) is 2. The van der Waals surface area contributed by atoms with E-state index in [2.05, 4.69) is 10.6 Å². The maximum atomic E-state index is 12.4. The number of amides is 1. The number of nitrogens with one attached hydrogen (secondary N) is 2. The first kappa shape index (κ1) is 18.7. The van der Waals surface area contributed by atoms with E-state index in [9.17, 15) is 14.4 Å². The van der Waals surface area contributed by atoms with E-state index in [0.717, 1.165) is 44.3 Å². The predicted octanol–water partition coefficient (Wildman–Crippen LogP) is 2.56. The van der Waals surface area contributed by atoms with Crippen LogP contribution in [0.15, 0.2) is 33.9 Å². The highest BCUT2D eigenvalue weighted by molar-refractivity contribution is 5.94. The molecule has 0 aromatic heterocycles. The fourth-order valence-corrected chi connectivity index (χ4v) is 4.27. The Balaban J connectivity index is 1.35. The van der Waals surface area contributed by atoms with Crippen LogP contribution in [0.4, 0.5) is 11.4 Å². The lowest BCUT2D eigenvalue weighted by Crippen LogP contribution is -2.41. The number of hydrogen-bond acceptors (Lipinski definition) is 5. The molecule has 0 radical (unpaired) electrons. The summed E-state index contributed by atoms with van der Waals surface area (Å²) < 4.78 is 0. The van der Waals surface area contributed by atoms with Gasteiger partial charge in [0, 0.05) is 31.2 Å². The summed E-state index contributed by atoms with van der Waals surface area (Å²) in [6.07, 6.45) is 7.88. The molecule has 0 spiro atoms. The number of benzene rings is 1. The molecular weight excluding hydrogens is 354 g/mol. The molecule has 1 saturated heterocycles. The first-order chi connectivity index (χ1) is 13.6. The van der Waals surface area contributed by atoms with Gasteiger partial charge in [0.05, 0.1) is 0 Å². The normalized spacial score (nSPS) is 17.8. The molecule has 1 amide bonds. The Kier molecular flexibility index (Phi) is 5.46. The average molecular weight is 381 g/mol. The Morgan fingerprint density at radius 2 is 1.61 bits per heavy atom. The van der Waals surface area contributed by atoms with E-state index in [0.29, 0.717) is 29.5 Å². The van der Waals surface area contributed by atoms with Crippen molar-refractivity contribution in [3.05, 3.63) is 55.8 Å². The monoisotopic (exact) mass is 381 g/mol. The van der Waals surface area contributed by atoms with Crippen molar-refractivity contribution >= 4 is 17.3 Å². The summed E-state index contributed by atoms with van der Waals surface area (Å²) in [6.45, 7) is 2.13. The molecule has 1 saturated carbocycles. The summed E-state index contributed by atoms with van der Waals surface area (Å²) in [5.74, 6) is -0.0230. The van der Waals surface area contributed by atoms with Crippen molar-refractivity contribution in [2.24, 2.45) is 0 Å². The van der Waals surface area contributed by atoms with E-state index in [1.165, 1.54) is 19.3 Å². The predicted molar refractivity (Wildman–Crippen MR) is 111 cm³/mol. The standard InChI is InChI=1S/C22H27N3O3/c26-20-18(19(21(20)27)25-12-4-5-13-25)23-14-15-8-10-16(11-9-15)22(28)24-17-6-2-1-3-7-17/h8-11,17,23H,1-7,12-14H2,(H,24,28). The molecule has 2 aromatic rings. The van der Waals surface area contributed by atoms with Crippen LogP contribution < -0.4 is 26.4 Å². The van der Waals surface area contributed by atoms with Gasteiger partial charge in [0.2, 0.25) is 0 Å². The zero-order chi connectivity index (χ0) is 19.5. The van der Waals surface area contributed by atoms with Crippen LogP contribution in [0.3, 0.4) is 0 Å². The molecule has 28 heavy (non-hydrogen) atoms. The second-order valence-corrected chi connectivity index (χ2v) is 7.93. The lowest BCUT2D eigenvalue weighted by molar-refractivity contribution is 0.0927. The van der Waals surface area contributed by atoms with Crippen molar-refractivity contribution in [3.8, 4) is 0 Å². The summed E-state index contributed by atoms with van der Waals surface area (Å²) in [7, 11) is 0. The second kappa shape index (κ2) is 8.17. The SMILES string of the molecule is O=C(NC1CCCCC1)c1ccc(CNc2c(N3CCCC3)c(=O)c2=O)cc1.